The summed E-state index contributed by atoms with van der Waals surface area (Å²) < 4.78 is 0. The Morgan fingerprint density at radius 1 is 1.22 bits per heavy atom. The maximum Gasteiger partial charge on any atom is 0.221 e. The molecule has 1 aliphatic rings. The molecular formula is C22H30N4O. The van der Waals surface area contributed by atoms with Gasteiger partial charge in [-0.15, -0.1) is 0 Å². The number of likely N-dealkylation sites (tertiary alicyclic amines) is 1. The maximum atomic E-state index is 11.2. The number of benzene rings is 1. The van der Waals surface area contributed by atoms with Crippen molar-refractivity contribution in [1.29, 1.82) is 0 Å². The van der Waals surface area contributed by atoms with Gasteiger partial charge in [0.1, 0.15) is 0 Å². The number of anilines is 1. The quantitative estimate of drug-likeness (QED) is 0.776. The molecule has 1 fully saturated rings. The SMILES string of the molecule is CCN1CCCC1CN(Cc1ccc(NC(C)=O)cc1)Cc1ccccn1. The predicted octanol–water partition coefficient (Wildman–Crippen LogP) is 3.53. The summed E-state index contributed by atoms with van der Waals surface area (Å²) in [5, 5.41) is 2.83. The molecule has 1 N–H and O–H groups in total. The number of hydrogen-bond donors (Lipinski definition) is 1. The molecule has 0 aliphatic carbocycles. The summed E-state index contributed by atoms with van der Waals surface area (Å²) in [5.74, 6) is -0.0413. The summed E-state index contributed by atoms with van der Waals surface area (Å²) in [5.41, 5.74) is 3.20. The second-order valence-electron chi connectivity index (χ2n) is 7.29. The Hall–Kier alpha value is -2.24. The maximum absolute atomic E-state index is 11.2. The monoisotopic (exact) mass is 366 g/mol. The molecule has 0 bridgehead atoms. The summed E-state index contributed by atoms with van der Waals surface area (Å²) in [6.07, 6.45) is 4.43. The third kappa shape index (κ3) is 5.88. The highest BCUT2D eigenvalue weighted by atomic mass is 16.1. The number of rotatable bonds is 8. The van der Waals surface area contributed by atoms with Gasteiger partial charge in [-0.05, 0) is 55.8 Å². The molecule has 1 saturated heterocycles. The van der Waals surface area contributed by atoms with E-state index in [2.05, 4.69) is 51.3 Å². The van der Waals surface area contributed by atoms with E-state index in [0.29, 0.717) is 6.04 Å². The summed E-state index contributed by atoms with van der Waals surface area (Å²) in [6.45, 7) is 8.90. The fourth-order valence-corrected chi connectivity index (χ4v) is 3.88. The fraction of sp³-hybridized carbons (Fsp3) is 0.455. The van der Waals surface area contributed by atoms with E-state index in [-0.39, 0.29) is 5.91 Å². The lowest BCUT2D eigenvalue weighted by atomic mass is 10.1. The number of nitrogens with zero attached hydrogens (tertiary/aromatic N) is 3. The molecule has 2 aromatic rings. The van der Waals surface area contributed by atoms with Crippen LogP contribution in [0.3, 0.4) is 0 Å². The van der Waals surface area contributed by atoms with Crippen LogP contribution in [-0.4, -0.2) is 46.4 Å². The number of likely N-dealkylation sites (N-methyl/N-ethyl adjacent to an activating group) is 1. The van der Waals surface area contributed by atoms with Crippen molar-refractivity contribution in [2.24, 2.45) is 0 Å². The average Bonchev–Trinajstić information content (AvgIpc) is 3.11. The molecule has 1 aliphatic heterocycles. The van der Waals surface area contributed by atoms with Gasteiger partial charge in [-0.3, -0.25) is 19.6 Å². The van der Waals surface area contributed by atoms with Crippen LogP contribution in [0.1, 0.15) is 37.9 Å². The van der Waals surface area contributed by atoms with Crippen molar-refractivity contribution < 1.29 is 4.79 Å². The van der Waals surface area contributed by atoms with Crippen molar-refractivity contribution >= 4 is 11.6 Å². The Morgan fingerprint density at radius 3 is 2.70 bits per heavy atom. The lowest BCUT2D eigenvalue weighted by Gasteiger charge is -2.30. The van der Waals surface area contributed by atoms with Crippen LogP contribution in [-0.2, 0) is 17.9 Å². The second-order valence-corrected chi connectivity index (χ2v) is 7.29. The zero-order chi connectivity index (χ0) is 19.1. The van der Waals surface area contributed by atoms with Gasteiger partial charge in [0.05, 0.1) is 5.69 Å². The van der Waals surface area contributed by atoms with Gasteiger partial charge in [0.15, 0.2) is 0 Å². The Labute approximate surface area is 162 Å². The third-order valence-electron chi connectivity index (χ3n) is 5.17. The van der Waals surface area contributed by atoms with Gasteiger partial charge in [-0.2, -0.15) is 0 Å². The van der Waals surface area contributed by atoms with Gasteiger partial charge >= 0.3 is 0 Å². The number of nitrogens with one attached hydrogen (secondary N) is 1. The van der Waals surface area contributed by atoms with Crippen molar-refractivity contribution in [3.8, 4) is 0 Å². The molecule has 0 saturated carbocycles. The average molecular weight is 367 g/mol. The van der Waals surface area contributed by atoms with Crippen LogP contribution in [0.4, 0.5) is 5.69 Å². The molecule has 144 valence electrons. The van der Waals surface area contributed by atoms with Crippen molar-refractivity contribution in [1.82, 2.24) is 14.8 Å². The van der Waals surface area contributed by atoms with Crippen LogP contribution < -0.4 is 5.32 Å². The molecule has 0 spiro atoms. The smallest absolute Gasteiger partial charge is 0.221 e. The largest absolute Gasteiger partial charge is 0.326 e. The van der Waals surface area contributed by atoms with Gasteiger partial charge in [-0.1, -0.05) is 25.1 Å². The highest BCUT2D eigenvalue weighted by Gasteiger charge is 2.25. The van der Waals surface area contributed by atoms with Gasteiger partial charge < -0.3 is 5.32 Å². The number of pyridine rings is 1. The molecule has 1 atom stereocenters. The highest BCUT2D eigenvalue weighted by molar-refractivity contribution is 5.88. The minimum absolute atomic E-state index is 0.0413. The van der Waals surface area contributed by atoms with Crippen LogP contribution >= 0.6 is 0 Å². The van der Waals surface area contributed by atoms with E-state index in [1.165, 1.54) is 31.9 Å². The van der Waals surface area contributed by atoms with Gasteiger partial charge in [0.2, 0.25) is 5.91 Å². The Bertz CT molecular complexity index is 717. The topological polar surface area (TPSA) is 48.5 Å². The molecule has 1 aromatic carbocycles. The van der Waals surface area contributed by atoms with Crippen molar-refractivity contribution in [3.63, 3.8) is 0 Å². The van der Waals surface area contributed by atoms with E-state index >= 15 is 0 Å². The standard InChI is InChI=1S/C22H30N4O/c1-3-26-14-6-8-22(26)17-25(16-21-7-4-5-13-23-21)15-19-9-11-20(12-10-19)24-18(2)27/h4-5,7,9-13,22H,3,6,8,14-17H2,1-2H3,(H,24,27). The van der Waals surface area contributed by atoms with Crippen molar-refractivity contribution in [2.45, 2.75) is 45.8 Å². The molecule has 5 nitrogen and oxygen atoms in total. The Morgan fingerprint density at radius 2 is 2.04 bits per heavy atom. The number of carbonyl (C=O) groups excluding carboxylic acids is 1. The number of aromatic nitrogens is 1. The number of carbonyl (C=O) groups is 1. The Balaban J connectivity index is 1.69. The predicted molar refractivity (Wildman–Crippen MR) is 109 cm³/mol. The summed E-state index contributed by atoms with van der Waals surface area (Å²) in [4.78, 5) is 20.8. The van der Waals surface area contributed by atoms with Gasteiger partial charge in [0, 0.05) is 44.5 Å². The van der Waals surface area contributed by atoms with E-state index < -0.39 is 0 Å². The molecule has 27 heavy (non-hydrogen) atoms. The summed E-state index contributed by atoms with van der Waals surface area (Å²) in [7, 11) is 0. The van der Waals surface area contributed by atoms with Crippen LogP contribution in [0.15, 0.2) is 48.7 Å². The van der Waals surface area contributed by atoms with E-state index in [9.17, 15) is 4.79 Å². The zero-order valence-corrected chi connectivity index (χ0v) is 16.4. The second kappa shape index (κ2) is 9.62. The first-order chi connectivity index (χ1) is 13.1. The van der Waals surface area contributed by atoms with Gasteiger partial charge in [-0.25, -0.2) is 0 Å². The number of hydrogen-bond acceptors (Lipinski definition) is 4. The summed E-state index contributed by atoms with van der Waals surface area (Å²) in [6, 6.07) is 14.9. The molecule has 5 heteroatoms. The highest BCUT2D eigenvalue weighted by Crippen LogP contribution is 2.20. The fourth-order valence-electron chi connectivity index (χ4n) is 3.88. The van der Waals surface area contributed by atoms with E-state index in [4.69, 9.17) is 0 Å². The molecule has 1 unspecified atom stereocenters. The van der Waals surface area contributed by atoms with E-state index in [1.54, 1.807) is 0 Å². The van der Waals surface area contributed by atoms with Crippen LogP contribution in [0.2, 0.25) is 0 Å². The van der Waals surface area contributed by atoms with Crippen LogP contribution in [0.5, 0.6) is 0 Å². The first-order valence-electron chi connectivity index (χ1n) is 9.87. The van der Waals surface area contributed by atoms with E-state index in [0.717, 1.165) is 37.6 Å². The third-order valence-corrected chi connectivity index (χ3v) is 5.17. The molecular weight excluding hydrogens is 336 g/mol. The first-order valence-corrected chi connectivity index (χ1v) is 9.87. The van der Waals surface area contributed by atoms with E-state index in [1.807, 2.05) is 24.4 Å². The normalized spacial score (nSPS) is 17.4. The molecule has 0 radical (unpaired) electrons. The zero-order valence-electron chi connectivity index (χ0n) is 16.4. The minimum Gasteiger partial charge on any atom is -0.326 e. The molecule has 1 aromatic heterocycles. The molecule has 1 amide bonds. The molecule has 3 rings (SSSR count). The first kappa shape index (κ1) is 19.5. The van der Waals surface area contributed by atoms with Crippen molar-refractivity contribution in [3.05, 3.63) is 59.9 Å². The van der Waals surface area contributed by atoms with Crippen LogP contribution in [0, 0.1) is 0 Å². The Kier molecular flexibility index (Phi) is 6.96. The van der Waals surface area contributed by atoms with Gasteiger partial charge in [0.25, 0.3) is 0 Å². The number of amides is 1. The minimum atomic E-state index is -0.0413. The summed E-state index contributed by atoms with van der Waals surface area (Å²) >= 11 is 0. The van der Waals surface area contributed by atoms with Crippen molar-refractivity contribution in [2.75, 3.05) is 25.0 Å². The lowest BCUT2D eigenvalue weighted by Crippen LogP contribution is -2.39. The lowest BCUT2D eigenvalue weighted by molar-refractivity contribution is -0.114. The molecule has 2 heterocycles. The van der Waals surface area contributed by atoms with Crippen LogP contribution in [0.25, 0.3) is 0 Å².